The highest BCUT2D eigenvalue weighted by Gasteiger charge is 2.30. The van der Waals surface area contributed by atoms with Gasteiger partial charge in [0.1, 0.15) is 11.9 Å². The van der Waals surface area contributed by atoms with E-state index < -0.39 is 6.04 Å². The summed E-state index contributed by atoms with van der Waals surface area (Å²) in [4.78, 5) is 25.8. The molecule has 5 heteroatoms. The third-order valence-corrected chi connectivity index (χ3v) is 3.49. The molecule has 0 saturated carbocycles. The molecule has 2 rings (SSSR count). The Morgan fingerprint density at radius 2 is 2.15 bits per heavy atom. The SMILES string of the molecule is CCCC1NC(=O)CCN(c2ccc(F)cc2C)C1=O. The van der Waals surface area contributed by atoms with Crippen LogP contribution in [0.3, 0.4) is 0 Å². The summed E-state index contributed by atoms with van der Waals surface area (Å²) in [5, 5.41) is 2.76. The average molecular weight is 278 g/mol. The molecular weight excluding hydrogens is 259 g/mol. The first-order valence-electron chi connectivity index (χ1n) is 6.89. The van der Waals surface area contributed by atoms with E-state index in [0.29, 0.717) is 24.2 Å². The number of benzene rings is 1. The number of hydrogen-bond donors (Lipinski definition) is 1. The van der Waals surface area contributed by atoms with Crippen molar-refractivity contribution in [2.24, 2.45) is 0 Å². The molecule has 1 aliphatic heterocycles. The van der Waals surface area contributed by atoms with Crippen LogP contribution in [0.15, 0.2) is 18.2 Å². The summed E-state index contributed by atoms with van der Waals surface area (Å²) in [6.45, 7) is 4.07. The second kappa shape index (κ2) is 6.03. The van der Waals surface area contributed by atoms with Crippen LogP contribution in [-0.4, -0.2) is 24.4 Å². The molecule has 1 N–H and O–H groups in total. The van der Waals surface area contributed by atoms with Crippen LogP contribution < -0.4 is 10.2 Å². The van der Waals surface area contributed by atoms with Gasteiger partial charge in [0.2, 0.25) is 11.8 Å². The van der Waals surface area contributed by atoms with Gasteiger partial charge >= 0.3 is 0 Å². The van der Waals surface area contributed by atoms with E-state index in [2.05, 4.69) is 5.32 Å². The van der Waals surface area contributed by atoms with Gasteiger partial charge in [-0.1, -0.05) is 13.3 Å². The summed E-state index contributed by atoms with van der Waals surface area (Å²) < 4.78 is 13.2. The van der Waals surface area contributed by atoms with Crippen molar-refractivity contribution in [1.29, 1.82) is 0 Å². The number of halogens is 1. The zero-order valence-corrected chi connectivity index (χ0v) is 11.8. The molecule has 1 aromatic carbocycles. The van der Waals surface area contributed by atoms with Crippen LogP contribution in [-0.2, 0) is 9.59 Å². The Labute approximate surface area is 118 Å². The Morgan fingerprint density at radius 3 is 2.80 bits per heavy atom. The Hall–Kier alpha value is -1.91. The van der Waals surface area contributed by atoms with Gasteiger partial charge < -0.3 is 10.2 Å². The molecule has 0 bridgehead atoms. The maximum atomic E-state index is 13.2. The van der Waals surface area contributed by atoms with Gasteiger partial charge in [-0.25, -0.2) is 4.39 Å². The zero-order chi connectivity index (χ0) is 14.7. The second-order valence-electron chi connectivity index (χ2n) is 5.08. The first kappa shape index (κ1) is 14.5. The quantitative estimate of drug-likeness (QED) is 0.921. The lowest BCUT2D eigenvalue weighted by atomic mass is 10.1. The van der Waals surface area contributed by atoms with Gasteiger partial charge in [-0.3, -0.25) is 9.59 Å². The highest BCUT2D eigenvalue weighted by molar-refractivity contribution is 6.01. The molecular formula is C15H19FN2O2. The first-order valence-corrected chi connectivity index (χ1v) is 6.89. The number of hydrogen-bond acceptors (Lipinski definition) is 2. The van der Waals surface area contributed by atoms with E-state index in [-0.39, 0.29) is 24.1 Å². The van der Waals surface area contributed by atoms with E-state index in [4.69, 9.17) is 0 Å². The number of aryl methyl sites for hydroxylation is 1. The topological polar surface area (TPSA) is 49.4 Å². The molecule has 2 amide bonds. The molecule has 1 aromatic rings. The van der Waals surface area contributed by atoms with Crippen molar-refractivity contribution in [2.45, 2.75) is 39.2 Å². The second-order valence-corrected chi connectivity index (χ2v) is 5.08. The molecule has 1 aliphatic rings. The van der Waals surface area contributed by atoms with Gasteiger partial charge in [0, 0.05) is 18.7 Å². The molecule has 0 radical (unpaired) electrons. The highest BCUT2D eigenvalue weighted by atomic mass is 19.1. The Bertz CT molecular complexity index is 531. The van der Waals surface area contributed by atoms with E-state index in [1.54, 1.807) is 17.9 Å². The van der Waals surface area contributed by atoms with Gasteiger partial charge in [0.05, 0.1) is 0 Å². The molecule has 0 spiro atoms. The van der Waals surface area contributed by atoms with Crippen molar-refractivity contribution in [3.63, 3.8) is 0 Å². The monoisotopic (exact) mass is 278 g/mol. The molecule has 0 aliphatic carbocycles. The number of nitrogens with one attached hydrogen (secondary N) is 1. The Balaban J connectivity index is 2.33. The van der Waals surface area contributed by atoms with Crippen molar-refractivity contribution < 1.29 is 14.0 Å². The van der Waals surface area contributed by atoms with Crippen LogP contribution in [0, 0.1) is 12.7 Å². The fourth-order valence-electron chi connectivity index (χ4n) is 2.49. The average Bonchev–Trinajstić information content (AvgIpc) is 2.52. The Morgan fingerprint density at radius 1 is 1.40 bits per heavy atom. The van der Waals surface area contributed by atoms with Crippen LogP contribution in [0.1, 0.15) is 31.7 Å². The summed E-state index contributed by atoms with van der Waals surface area (Å²) in [6.07, 6.45) is 1.69. The van der Waals surface area contributed by atoms with Crippen LogP contribution in [0.2, 0.25) is 0 Å². The number of anilines is 1. The van der Waals surface area contributed by atoms with Crippen molar-refractivity contribution >= 4 is 17.5 Å². The lowest BCUT2D eigenvalue weighted by Gasteiger charge is -2.25. The third-order valence-electron chi connectivity index (χ3n) is 3.49. The third kappa shape index (κ3) is 2.98. The molecule has 4 nitrogen and oxygen atoms in total. The Kier molecular flexibility index (Phi) is 4.37. The predicted octanol–water partition coefficient (Wildman–Crippen LogP) is 2.16. The normalized spacial score (nSPS) is 19.8. The van der Waals surface area contributed by atoms with E-state index in [0.717, 1.165) is 6.42 Å². The van der Waals surface area contributed by atoms with Crippen molar-refractivity contribution in [1.82, 2.24) is 5.32 Å². The number of rotatable bonds is 3. The predicted molar refractivity (Wildman–Crippen MR) is 74.9 cm³/mol. The van der Waals surface area contributed by atoms with Gasteiger partial charge in [0.15, 0.2) is 0 Å². The van der Waals surface area contributed by atoms with Crippen molar-refractivity contribution in [2.75, 3.05) is 11.4 Å². The van der Waals surface area contributed by atoms with Crippen LogP contribution in [0.25, 0.3) is 0 Å². The summed E-state index contributed by atoms with van der Waals surface area (Å²) in [7, 11) is 0. The number of amides is 2. The minimum Gasteiger partial charge on any atom is -0.344 e. The highest BCUT2D eigenvalue weighted by Crippen LogP contribution is 2.23. The van der Waals surface area contributed by atoms with Crippen molar-refractivity contribution in [3.05, 3.63) is 29.6 Å². The summed E-state index contributed by atoms with van der Waals surface area (Å²) in [5.74, 6) is -0.556. The summed E-state index contributed by atoms with van der Waals surface area (Å²) >= 11 is 0. The first-order chi connectivity index (χ1) is 9.52. The van der Waals surface area contributed by atoms with E-state index in [9.17, 15) is 14.0 Å². The number of carbonyl (C=O) groups excluding carboxylic acids is 2. The molecule has 1 unspecified atom stereocenters. The minimum absolute atomic E-state index is 0.112. The van der Waals surface area contributed by atoms with Gasteiger partial charge in [-0.15, -0.1) is 0 Å². The standard InChI is InChI=1S/C15H19FN2O2/c1-3-4-12-15(20)18(8-7-14(19)17-12)13-6-5-11(16)9-10(13)2/h5-6,9,12H,3-4,7-8H2,1-2H3,(H,17,19). The maximum absolute atomic E-state index is 13.2. The molecule has 1 saturated heterocycles. The fraction of sp³-hybridized carbons (Fsp3) is 0.467. The van der Waals surface area contributed by atoms with Crippen LogP contribution >= 0.6 is 0 Å². The summed E-state index contributed by atoms with van der Waals surface area (Å²) in [6, 6.07) is 3.85. The number of nitrogens with zero attached hydrogens (tertiary/aromatic N) is 1. The van der Waals surface area contributed by atoms with E-state index in [1.807, 2.05) is 6.92 Å². The molecule has 1 fully saturated rings. The smallest absolute Gasteiger partial charge is 0.249 e. The minimum atomic E-state index is -0.487. The van der Waals surface area contributed by atoms with Gasteiger partial charge in [-0.2, -0.15) is 0 Å². The maximum Gasteiger partial charge on any atom is 0.249 e. The number of carbonyl (C=O) groups is 2. The van der Waals surface area contributed by atoms with E-state index >= 15 is 0 Å². The molecule has 20 heavy (non-hydrogen) atoms. The largest absolute Gasteiger partial charge is 0.344 e. The summed E-state index contributed by atoms with van der Waals surface area (Å²) in [5.41, 5.74) is 1.37. The lowest BCUT2D eigenvalue weighted by Crippen LogP contribution is -2.44. The molecule has 1 atom stereocenters. The van der Waals surface area contributed by atoms with Gasteiger partial charge in [0.25, 0.3) is 0 Å². The van der Waals surface area contributed by atoms with Gasteiger partial charge in [-0.05, 0) is 37.1 Å². The van der Waals surface area contributed by atoms with Crippen molar-refractivity contribution in [3.8, 4) is 0 Å². The van der Waals surface area contributed by atoms with Crippen LogP contribution in [0.4, 0.5) is 10.1 Å². The van der Waals surface area contributed by atoms with Crippen LogP contribution in [0.5, 0.6) is 0 Å². The van der Waals surface area contributed by atoms with E-state index in [1.165, 1.54) is 12.1 Å². The molecule has 1 heterocycles. The zero-order valence-electron chi connectivity index (χ0n) is 11.8. The fourth-order valence-corrected chi connectivity index (χ4v) is 2.49. The lowest BCUT2D eigenvalue weighted by molar-refractivity contribution is -0.125. The molecule has 108 valence electrons. The molecule has 0 aromatic heterocycles.